The van der Waals surface area contributed by atoms with Crippen LogP contribution in [0.1, 0.15) is 55.4 Å². The molecule has 3 fully saturated rings. The van der Waals surface area contributed by atoms with Crippen molar-refractivity contribution in [3.8, 4) is 0 Å². The Labute approximate surface area is 627 Å². The lowest BCUT2D eigenvalue weighted by Gasteiger charge is -2.34. The number of morpholine rings is 3. The molecule has 3 saturated heterocycles. The van der Waals surface area contributed by atoms with Crippen LogP contribution < -0.4 is 16.0 Å². The molecule has 27 nitrogen and oxygen atoms in total. The van der Waals surface area contributed by atoms with Crippen LogP contribution in [-0.4, -0.2) is 217 Å². The van der Waals surface area contributed by atoms with Crippen molar-refractivity contribution in [1.82, 2.24) is 45.6 Å². The van der Waals surface area contributed by atoms with Crippen molar-refractivity contribution in [2.75, 3.05) is 100 Å². The van der Waals surface area contributed by atoms with Crippen LogP contribution in [0.4, 0.5) is 8.78 Å². The number of esters is 3. The first kappa shape index (κ1) is 78.3. The highest BCUT2D eigenvalue weighted by atomic mass is 35.5. The van der Waals surface area contributed by atoms with Gasteiger partial charge in [-0.25, -0.2) is 52.5 Å². The van der Waals surface area contributed by atoms with Gasteiger partial charge in [0.25, 0.3) is 0 Å². The van der Waals surface area contributed by atoms with E-state index in [2.05, 4.69) is 45.7 Å². The van der Waals surface area contributed by atoms with Crippen molar-refractivity contribution < 1.29 is 81.3 Å². The topological polar surface area (TPSA) is 340 Å². The second-order valence-electron chi connectivity index (χ2n) is 23.5. The number of aliphatic carboxylic acids is 3. The van der Waals surface area contributed by atoms with Crippen LogP contribution in [0.15, 0.2) is 175 Å². The first-order valence-corrected chi connectivity index (χ1v) is 35.9. The summed E-state index contributed by atoms with van der Waals surface area (Å²) < 4.78 is 60.5. The molecule has 0 unspecified atom stereocenters. The van der Waals surface area contributed by atoms with Gasteiger partial charge in [-0.2, -0.15) is 0 Å². The third kappa shape index (κ3) is 20.6. The van der Waals surface area contributed by atoms with Gasteiger partial charge in [0, 0.05) is 150 Å². The van der Waals surface area contributed by atoms with Gasteiger partial charge in [-0.3, -0.25) is 29.7 Å². The number of aryl methyl sites for hydroxylation is 1. The summed E-state index contributed by atoms with van der Waals surface area (Å²) >= 11 is 23.1. The largest absolute Gasteiger partial charge is 0.478 e. The number of nitrogens with zero attached hydrogens (tertiary/aromatic N) is 9. The van der Waals surface area contributed by atoms with Crippen LogP contribution in [-0.2, 0) is 57.2 Å². The normalized spacial score (nSPS) is 21.1. The van der Waals surface area contributed by atoms with Crippen molar-refractivity contribution in [2.24, 2.45) is 15.0 Å². The number of halogens is 5. The summed E-state index contributed by atoms with van der Waals surface area (Å²) in [5, 5.41) is 44.6. The summed E-state index contributed by atoms with van der Waals surface area (Å²) in [6.45, 7) is 6.93. The molecule has 3 aromatic heterocycles. The number of thiazole rings is 3. The van der Waals surface area contributed by atoms with E-state index in [0.717, 1.165) is 18.2 Å². The van der Waals surface area contributed by atoms with E-state index in [9.17, 15) is 37.5 Å². The number of carbonyl (C=O) groups excluding carboxylic acids is 3. The van der Waals surface area contributed by atoms with Gasteiger partial charge in [0.2, 0.25) is 0 Å². The monoisotopic (exact) mass is 1560 g/mol. The molecule has 6 aromatic rings. The number of carboxylic acid groups (broad SMARTS) is 3. The fraction of sp³-hybridized carbons (Fsp3) is 0.314. The van der Waals surface area contributed by atoms with E-state index in [0.29, 0.717) is 165 Å². The molecule has 0 spiro atoms. The minimum absolute atomic E-state index is 0.132. The molecule has 0 aliphatic carbocycles. The Morgan fingerprint density at radius 1 is 0.543 bits per heavy atom. The number of hydrogen-bond acceptors (Lipinski definition) is 27. The summed E-state index contributed by atoms with van der Waals surface area (Å²) in [6.07, 6.45) is 11.4. The second kappa shape index (κ2) is 37.1. The van der Waals surface area contributed by atoms with Gasteiger partial charge in [0.1, 0.15) is 29.8 Å². The molecule has 35 heteroatoms. The highest BCUT2D eigenvalue weighted by Gasteiger charge is 2.39. The van der Waals surface area contributed by atoms with Crippen LogP contribution in [0.5, 0.6) is 0 Å². The van der Waals surface area contributed by atoms with Gasteiger partial charge < -0.3 is 59.7 Å². The summed E-state index contributed by atoms with van der Waals surface area (Å²) in [7, 11) is 3.89. The van der Waals surface area contributed by atoms with Gasteiger partial charge in [-0.1, -0.05) is 59.1 Å². The van der Waals surface area contributed by atoms with E-state index in [1.54, 1.807) is 61.2 Å². The third-order valence-electron chi connectivity index (χ3n) is 16.6. The highest BCUT2D eigenvalue weighted by Crippen LogP contribution is 2.41. The Morgan fingerprint density at radius 3 is 1.28 bits per heavy atom. The number of benzene rings is 3. The molecule has 0 bridgehead atoms. The number of ether oxygens (including phenoxy) is 6. The van der Waals surface area contributed by atoms with Crippen molar-refractivity contribution >= 4 is 122 Å². The Morgan fingerprint density at radius 2 is 0.924 bits per heavy atom. The first-order valence-electron chi connectivity index (χ1n) is 32.2. The minimum Gasteiger partial charge on any atom is -0.478 e. The SMILES string of the molecule is COC(=O)C1=C(CN2CCO[C@H](/C=C/C(=O)O)C2)NC(c2nccs2)=N[C@H]1c1ccc(Cl)cc1Cl.COC(=O)C1=C(CN2CCO[C@H](/C=C/C(=O)O)C2)NC(c2nccs2)=N[C@H]1c1ccc(F)cc1C.COC(=O)C1=C(CN2CCO[C@H](/C=C/C(=O)O)C2)NC(c2nccs2)=N[C@H]1c1cccc(F)c1Cl. The fourth-order valence-electron chi connectivity index (χ4n) is 11.9. The molecule has 12 rings (SSSR count). The summed E-state index contributed by atoms with van der Waals surface area (Å²) in [5.41, 5.74) is 4.80. The summed E-state index contributed by atoms with van der Waals surface area (Å²) in [5.74, 6) is -4.42. The molecule has 6 aliphatic heterocycles. The first-order chi connectivity index (χ1) is 50.6. The van der Waals surface area contributed by atoms with Crippen LogP contribution in [0.2, 0.25) is 15.1 Å². The zero-order chi connectivity index (χ0) is 74.8. The zero-order valence-corrected chi connectivity index (χ0v) is 61.2. The van der Waals surface area contributed by atoms with E-state index >= 15 is 0 Å². The molecule has 6 atom stereocenters. The van der Waals surface area contributed by atoms with Crippen LogP contribution in [0, 0.1) is 18.6 Å². The number of aliphatic imine (C=N–C) groups is 3. The fourth-order valence-corrected chi connectivity index (χ4v) is 14.4. The molecule has 6 aliphatic rings. The Hall–Kier alpha value is -9.29. The molecule has 3 aromatic carbocycles. The lowest BCUT2D eigenvalue weighted by Crippen LogP contribution is -2.46. The number of aromatic nitrogens is 3. The maximum absolute atomic E-state index is 14.3. The smallest absolute Gasteiger partial charge is 0.338 e. The predicted octanol–water partition coefficient (Wildman–Crippen LogP) is 8.56. The minimum atomic E-state index is -1.06. The molecule has 9 heterocycles. The maximum Gasteiger partial charge on any atom is 0.338 e. The number of amidine groups is 3. The molecule has 105 heavy (non-hydrogen) atoms. The number of nitrogens with one attached hydrogen (secondary N) is 3. The molecule has 6 N–H and O–H groups in total. The maximum atomic E-state index is 14.3. The van der Waals surface area contributed by atoms with Crippen LogP contribution in [0.3, 0.4) is 0 Å². The van der Waals surface area contributed by atoms with Crippen molar-refractivity contribution in [2.45, 2.75) is 43.4 Å². The predicted molar refractivity (Wildman–Crippen MR) is 389 cm³/mol. The molecular formula is C70H69Cl3F2N12O15S3. The average molecular weight is 1560 g/mol. The van der Waals surface area contributed by atoms with Crippen molar-refractivity contribution in [1.29, 1.82) is 0 Å². The van der Waals surface area contributed by atoms with Gasteiger partial charge in [-0.05, 0) is 66.6 Å². The van der Waals surface area contributed by atoms with Gasteiger partial charge in [0.15, 0.2) is 32.5 Å². The summed E-state index contributed by atoms with van der Waals surface area (Å²) in [4.78, 5) is 105. The zero-order valence-electron chi connectivity index (χ0n) is 56.5. The van der Waals surface area contributed by atoms with Crippen LogP contribution >= 0.6 is 68.8 Å². The second-order valence-corrected chi connectivity index (χ2v) is 27.4. The Kier molecular flexibility index (Phi) is 27.7. The number of carbonyl (C=O) groups is 6. The lowest BCUT2D eigenvalue weighted by molar-refractivity contribution is -0.137. The van der Waals surface area contributed by atoms with Crippen molar-refractivity contribution in [3.05, 3.63) is 224 Å². The molecule has 0 amide bonds. The quantitative estimate of drug-likeness (QED) is 0.0223. The number of methoxy groups -OCH3 is 3. The van der Waals surface area contributed by atoms with E-state index in [1.165, 1.54) is 97.8 Å². The standard InChI is InChI=1S/C24H25FN4O5S.C23H22Cl2N4O5S.C23H22ClFN4O5S/c1-14-11-15(25)3-5-17(14)21-20(24(32)33-2)18(27-22(28-21)23-26-7-10-35-23)13-29-8-9-34-16(12-29)4-6-19(30)31;1-33-23(32)19-17(12-29-7-8-34-14(11-29)3-5-18(30)31)27-21(22-26-6-9-35-22)28-20(19)15-4-2-13(24)10-16(15)25;1-33-23(32)18-16(12-29-8-9-34-13(11-29)5-6-17(30)31)27-21(22-26-7-10-35-22)28-20(18)14-3-2-4-15(25)19(14)24/h3-7,10-11,16,21H,8-9,12-13H2,1-2H3,(H,27,28)(H,30,31);2-6,9-10,14,20H,7-8,11-12H2,1H3,(H,27,28)(H,30,31);2-7,10,13,20H,8-9,11-12H2,1H3,(H,27,28)(H,30,31)/b6-4+;5-3+;6-5+/t16-,21+;14-,20+;13-,20+/m111/s1. The Bertz CT molecular complexity index is 4290. The molecule has 0 saturated carbocycles. The van der Waals surface area contributed by atoms with E-state index in [4.69, 9.17) is 88.5 Å². The number of carboxylic acids is 3. The van der Waals surface area contributed by atoms with Gasteiger partial charge in [0.05, 0.1) is 81.2 Å². The van der Waals surface area contributed by atoms with E-state index in [-0.39, 0.29) is 29.1 Å². The number of rotatable bonds is 21. The molecule has 552 valence electrons. The van der Waals surface area contributed by atoms with E-state index in [1.807, 2.05) is 15.7 Å². The van der Waals surface area contributed by atoms with Crippen LogP contribution in [0.25, 0.3) is 0 Å². The van der Waals surface area contributed by atoms with Crippen molar-refractivity contribution in [3.63, 3.8) is 0 Å². The van der Waals surface area contributed by atoms with Gasteiger partial charge in [-0.15, -0.1) is 34.0 Å². The average Bonchev–Trinajstić information content (AvgIpc) is 1.38. The van der Waals surface area contributed by atoms with Gasteiger partial charge >= 0.3 is 35.8 Å². The molecule has 0 radical (unpaired) electrons. The Balaban J connectivity index is 0.000000169. The lowest BCUT2D eigenvalue weighted by atomic mass is 9.92. The highest BCUT2D eigenvalue weighted by molar-refractivity contribution is 7.12. The molecular weight excluding hydrogens is 1490 g/mol. The summed E-state index contributed by atoms with van der Waals surface area (Å²) in [6, 6.07) is 11.4. The van der Waals surface area contributed by atoms with E-state index < -0.39 is 72.0 Å². The third-order valence-corrected chi connectivity index (χ3v) is 19.9. The number of hydrogen-bond donors (Lipinski definition) is 6.